The molecule has 9 nitrogen and oxygen atoms in total. The van der Waals surface area contributed by atoms with Crippen molar-refractivity contribution in [1.82, 2.24) is 30.5 Å². The van der Waals surface area contributed by atoms with E-state index in [1.807, 2.05) is 60.0 Å². The summed E-state index contributed by atoms with van der Waals surface area (Å²) in [4.78, 5) is 28.6. The molecule has 2 aromatic carbocycles. The molecule has 0 saturated heterocycles. The van der Waals surface area contributed by atoms with Crippen molar-refractivity contribution in [2.45, 2.75) is 25.9 Å². The normalized spacial score (nSPS) is 11.7. The lowest BCUT2D eigenvalue weighted by atomic mass is 10.1. The summed E-state index contributed by atoms with van der Waals surface area (Å²) in [7, 11) is 0. The molecule has 0 aliphatic rings. The van der Waals surface area contributed by atoms with Crippen LogP contribution in [0.3, 0.4) is 0 Å². The van der Waals surface area contributed by atoms with E-state index in [0.717, 1.165) is 22.4 Å². The van der Waals surface area contributed by atoms with Crippen LogP contribution < -0.4 is 10.6 Å². The van der Waals surface area contributed by atoms with Gasteiger partial charge >= 0.3 is 0 Å². The average molecular weight is 448 g/mol. The molecule has 10 heteroatoms. The largest absolute Gasteiger partial charge is 0.352 e. The first-order valence-corrected chi connectivity index (χ1v) is 10.8. The van der Waals surface area contributed by atoms with Gasteiger partial charge in [-0.3, -0.25) is 9.59 Å². The highest BCUT2D eigenvalue weighted by molar-refractivity contribution is 7.14. The number of nitrogens with one attached hydrogen (secondary N) is 2. The second kappa shape index (κ2) is 9.92. The van der Waals surface area contributed by atoms with Crippen molar-refractivity contribution in [3.8, 4) is 11.3 Å². The summed E-state index contributed by atoms with van der Waals surface area (Å²) < 4.78 is 1.45. The minimum absolute atomic E-state index is 0.0683. The van der Waals surface area contributed by atoms with E-state index < -0.39 is 6.04 Å². The number of nitrogens with zero attached hydrogens (tertiary/aromatic N) is 5. The van der Waals surface area contributed by atoms with Crippen molar-refractivity contribution in [2.24, 2.45) is 0 Å². The molecule has 2 heterocycles. The molecule has 0 aliphatic heterocycles. The van der Waals surface area contributed by atoms with E-state index in [-0.39, 0.29) is 11.8 Å². The van der Waals surface area contributed by atoms with E-state index in [1.165, 1.54) is 29.3 Å². The summed E-state index contributed by atoms with van der Waals surface area (Å²) in [6.45, 7) is 1.97. The Labute approximate surface area is 188 Å². The Kier molecular flexibility index (Phi) is 6.61. The Balaban J connectivity index is 1.45. The zero-order valence-corrected chi connectivity index (χ0v) is 18.1. The standard InChI is InChI=1S/C22H21N7O2S/c1-15(30)23-12-17-7-9-18(10-8-17)19-13-32-22(25-19)26-21(31)20(29-14-24-27-28-29)11-16-5-3-2-4-6-16/h2-10,13-14,20H,11-12H2,1H3,(H,23,30)(H,25,26,31)/t20-/m1/s1. The summed E-state index contributed by atoms with van der Waals surface area (Å²) in [5.74, 6) is -0.311. The quantitative estimate of drug-likeness (QED) is 0.429. The number of rotatable bonds is 8. The number of hydrogen-bond acceptors (Lipinski definition) is 7. The van der Waals surface area contributed by atoms with Gasteiger partial charge in [0, 0.05) is 30.8 Å². The first kappa shape index (κ1) is 21.3. The average Bonchev–Trinajstić information content (AvgIpc) is 3.50. The van der Waals surface area contributed by atoms with Gasteiger partial charge in [0.1, 0.15) is 12.4 Å². The third-order valence-electron chi connectivity index (χ3n) is 4.78. The summed E-state index contributed by atoms with van der Waals surface area (Å²) in [5.41, 5.74) is 3.69. The van der Waals surface area contributed by atoms with Crippen LogP contribution in [0.5, 0.6) is 0 Å². The smallest absolute Gasteiger partial charge is 0.251 e. The van der Waals surface area contributed by atoms with E-state index in [4.69, 9.17) is 0 Å². The number of benzene rings is 2. The lowest BCUT2D eigenvalue weighted by molar-refractivity contribution is -0.120. The second-order valence-electron chi connectivity index (χ2n) is 7.13. The number of tetrazole rings is 1. The fraction of sp³-hybridized carbons (Fsp3) is 0.182. The summed E-state index contributed by atoms with van der Waals surface area (Å²) in [6, 6.07) is 16.9. The molecule has 1 atom stereocenters. The van der Waals surface area contributed by atoms with Crippen LogP contribution in [-0.4, -0.2) is 37.0 Å². The van der Waals surface area contributed by atoms with Gasteiger partial charge in [0.2, 0.25) is 5.91 Å². The molecule has 4 rings (SSSR count). The number of aromatic nitrogens is 5. The SMILES string of the molecule is CC(=O)NCc1ccc(-c2csc(NC(=O)[C@@H](Cc3ccccc3)n3cnnn3)n2)cc1. The third kappa shape index (κ3) is 5.41. The Morgan fingerprint density at radius 3 is 2.53 bits per heavy atom. The highest BCUT2D eigenvalue weighted by atomic mass is 32.1. The van der Waals surface area contributed by atoms with E-state index in [1.54, 1.807) is 0 Å². The molecular weight excluding hydrogens is 426 g/mol. The van der Waals surface area contributed by atoms with Crippen molar-refractivity contribution in [2.75, 3.05) is 5.32 Å². The molecule has 2 amide bonds. The molecule has 0 fully saturated rings. The fourth-order valence-electron chi connectivity index (χ4n) is 3.13. The fourth-order valence-corrected chi connectivity index (χ4v) is 3.85. The van der Waals surface area contributed by atoms with Gasteiger partial charge < -0.3 is 10.6 Å². The summed E-state index contributed by atoms with van der Waals surface area (Å²) in [5, 5.41) is 19.3. The Bertz CT molecular complexity index is 1170. The van der Waals surface area contributed by atoms with Gasteiger partial charge in [-0.25, -0.2) is 9.67 Å². The number of carbonyl (C=O) groups is 2. The Morgan fingerprint density at radius 2 is 1.84 bits per heavy atom. The molecule has 2 aromatic heterocycles. The molecule has 0 radical (unpaired) electrons. The van der Waals surface area contributed by atoms with Crippen molar-refractivity contribution in [1.29, 1.82) is 0 Å². The summed E-state index contributed by atoms with van der Waals surface area (Å²) >= 11 is 1.35. The highest BCUT2D eigenvalue weighted by Crippen LogP contribution is 2.26. The lowest BCUT2D eigenvalue weighted by Gasteiger charge is -2.15. The minimum Gasteiger partial charge on any atom is -0.352 e. The molecule has 0 spiro atoms. The topological polar surface area (TPSA) is 115 Å². The van der Waals surface area contributed by atoms with Crippen LogP contribution in [0.1, 0.15) is 24.1 Å². The maximum atomic E-state index is 13.0. The zero-order valence-electron chi connectivity index (χ0n) is 17.3. The van der Waals surface area contributed by atoms with Gasteiger partial charge in [-0.2, -0.15) is 0 Å². The van der Waals surface area contributed by atoms with Gasteiger partial charge in [-0.05, 0) is 21.6 Å². The predicted molar refractivity (Wildman–Crippen MR) is 121 cm³/mol. The monoisotopic (exact) mass is 447 g/mol. The molecule has 162 valence electrons. The molecule has 0 aliphatic carbocycles. The second-order valence-corrected chi connectivity index (χ2v) is 7.99. The van der Waals surface area contributed by atoms with Crippen molar-refractivity contribution in [3.05, 3.63) is 77.4 Å². The minimum atomic E-state index is -0.604. The maximum Gasteiger partial charge on any atom is 0.251 e. The molecule has 0 saturated carbocycles. The molecular formula is C22H21N7O2S. The lowest BCUT2D eigenvalue weighted by Crippen LogP contribution is -2.28. The van der Waals surface area contributed by atoms with Gasteiger partial charge in [-0.1, -0.05) is 54.6 Å². The van der Waals surface area contributed by atoms with Crippen molar-refractivity contribution in [3.63, 3.8) is 0 Å². The molecule has 4 aromatic rings. The number of hydrogen-bond donors (Lipinski definition) is 2. The van der Waals surface area contributed by atoms with Crippen LogP contribution >= 0.6 is 11.3 Å². The predicted octanol–water partition coefficient (Wildman–Crippen LogP) is 2.86. The third-order valence-corrected chi connectivity index (χ3v) is 5.54. The first-order chi connectivity index (χ1) is 15.6. The van der Waals surface area contributed by atoms with E-state index in [0.29, 0.717) is 18.1 Å². The van der Waals surface area contributed by atoms with Crippen molar-refractivity contribution < 1.29 is 9.59 Å². The van der Waals surface area contributed by atoms with Crippen LogP contribution in [0.4, 0.5) is 5.13 Å². The van der Waals surface area contributed by atoms with Gasteiger partial charge in [-0.15, -0.1) is 16.4 Å². The van der Waals surface area contributed by atoms with E-state index in [9.17, 15) is 9.59 Å². The van der Waals surface area contributed by atoms with Gasteiger partial charge in [0.25, 0.3) is 5.91 Å². The molecule has 0 bridgehead atoms. The molecule has 0 unspecified atom stereocenters. The highest BCUT2D eigenvalue weighted by Gasteiger charge is 2.23. The van der Waals surface area contributed by atoms with E-state index in [2.05, 4.69) is 31.1 Å². The first-order valence-electron chi connectivity index (χ1n) is 9.95. The van der Waals surface area contributed by atoms with Crippen LogP contribution in [-0.2, 0) is 22.6 Å². The number of amides is 2. The summed E-state index contributed by atoms with van der Waals surface area (Å²) in [6.07, 6.45) is 1.88. The number of anilines is 1. The van der Waals surface area contributed by atoms with Crippen molar-refractivity contribution >= 4 is 28.3 Å². The van der Waals surface area contributed by atoms with Crippen LogP contribution in [0.15, 0.2) is 66.3 Å². The number of carbonyl (C=O) groups excluding carboxylic acids is 2. The molecule has 32 heavy (non-hydrogen) atoms. The Morgan fingerprint density at radius 1 is 1.06 bits per heavy atom. The number of thiazole rings is 1. The van der Waals surface area contributed by atoms with Crippen LogP contribution in [0.2, 0.25) is 0 Å². The van der Waals surface area contributed by atoms with Gasteiger partial charge in [0.05, 0.1) is 5.69 Å². The maximum absolute atomic E-state index is 13.0. The van der Waals surface area contributed by atoms with E-state index >= 15 is 0 Å². The van der Waals surface area contributed by atoms with Crippen LogP contribution in [0.25, 0.3) is 11.3 Å². The molecule has 2 N–H and O–H groups in total. The van der Waals surface area contributed by atoms with Crippen LogP contribution in [0, 0.1) is 0 Å². The zero-order chi connectivity index (χ0) is 22.3. The Hall–Kier alpha value is -3.92. The van der Waals surface area contributed by atoms with Gasteiger partial charge in [0.15, 0.2) is 5.13 Å².